The molecule has 0 atom stereocenters. The van der Waals surface area contributed by atoms with Crippen LogP contribution in [-0.2, 0) is 32.5 Å². The molecule has 7 nitrogen and oxygen atoms in total. The lowest BCUT2D eigenvalue weighted by Crippen LogP contribution is -2.22. The van der Waals surface area contributed by atoms with E-state index >= 15 is 14.4 Å². The normalized spacial score (nSPS) is 13.0. The first-order valence-corrected chi connectivity index (χ1v) is 31.2. The molecular weight excluding hydrogens is 1080 g/mol. The van der Waals surface area contributed by atoms with Gasteiger partial charge >= 0.3 is 0 Å². The third-order valence-electron chi connectivity index (χ3n) is 18.1. The molecule has 446 valence electrons. The van der Waals surface area contributed by atoms with Crippen LogP contribution in [0.3, 0.4) is 0 Å². The second-order valence-electron chi connectivity index (χ2n) is 30.8. The van der Waals surface area contributed by atoms with Gasteiger partial charge in [0.2, 0.25) is 0 Å². The first kappa shape index (κ1) is 59.5. The van der Waals surface area contributed by atoms with Crippen molar-refractivity contribution in [2.75, 3.05) is 14.7 Å². The average Bonchev–Trinajstić information content (AvgIpc) is 0.692. The van der Waals surface area contributed by atoms with Crippen LogP contribution in [0.2, 0.25) is 0 Å². The maximum absolute atomic E-state index is 16.3. The molecule has 0 saturated heterocycles. The molecular formula is C81H84N4O3. The van der Waals surface area contributed by atoms with E-state index in [2.05, 4.69) is 289 Å². The van der Waals surface area contributed by atoms with E-state index in [1.54, 1.807) is 0 Å². The van der Waals surface area contributed by atoms with Crippen molar-refractivity contribution in [1.29, 1.82) is 0 Å². The molecule has 0 aliphatic heterocycles. The van der Waals surface area contributed by atoms with Gasteiger partial charge in [-0.05, 0) is 175 Å². The van der Waals surface area contributed by atoms with Gasteiger partial charge in [0.25, 0.3) is 0 Å². The Labute approximate surface area is 519 Å². The Bertz CT molecular complexity index is 4020. The Morgan fingerprint density at radius 2 is 0.352 bits per heavy atom. The van der Waals surface area contributed by atoms with Crippen molar-refractivity contribution in [2.45, 2.75) is 157 Å². The number of nitrogens with zero attached hydrogens (tertiary/aromatic N) is 4. The first-order chi connectivity index (χ1) is 41.2. The zero-order valence-corrected chi connectivity index (χ0v) is 54.8. The highest BCUT2D eigenvalue weighted by atomic mass is 16.1. The standard InChI is InChI=1S/C81H84N4O3/c1-76(2,3)49-19-31-55(32-20-49)82(56-33-21-50(22-34-56)77(4,5)6)61-43-64-70-65(44-61)74(87)67-46-63(84(59-39-27-53(28-40-59)80(13,14)15)60-41-29-54(30-42-60)81(16,17)18)48-69-72(67)85(70)71-66(73(64)86)45-62(47-68(71)75(69)88)83(57-35-23-51(24-36-57)78(7,8)9)58-37-25-52(26-38-58)79(10,11)12/h19-48H,1-18H3. The van der Waals surface area contributed by atoms with E-state index in [1.165, 1.54) is 33.4 Å². The van der Waals surface area contributed by atoms with Crippen LogP contribution in [0.5, 0.6) is 0 Å². The molecule has 0 saturated carbocycles. The Hall–Kier alpha value is -8.81. The zero-order valence-electron chi connectivity index (χ0n) is 54.8. The highest BCUT2D eigenvalue weighted by Gasteiger charge is 2.30. The lowest BCUT2D eigenvalue weighted by molar-refractivity contribution is 0.590. The van der Waals surface area contributed by atoms with Crippen molar-refractivity contribution in [3.63, 3.8) is 0 Å². The van der Waals surface area contributed by atoms with Crippen LogP contribution in [-0.4, -0.2) is 4.40 Å². The summed E-state index contributed by atoms with van der Waals surface area (Å²) in [5.74, 6) is 0. The minimum absolute atomic E-state index is 0.0960. The van der Waals surface area contributed by atoms with Gasteiger partial charge in [0, 0.05) is 83.5 Å². The molecule has 0 radical (unpaired) electrons. The lowest BCUT2D eigenvalue weighted by atomic mass is 9.86. The van der Waals surface area contributed by atoms with Crippen LogP contribution in [0.4, 0.5) is 51.2 Å². The van der Waals surface area contributed by atoms with Gasteiger partial charge in [0.05, 0.1) is 16.6 Å². The Balaban J connectivity index is 1.22. The van der Waals surface area contributed by atoms with Crippen molar-refractivity contribution >= 4 is 100 Å². The van der Waals surface area contributed by atoms with Crippen molar-refractivity contribution < 1.29 is 0 Å². The van der Waals surface area contributed by atoms with Gasteiger partial charge in [0.15, 0.2) is 16.3 Å². The molecule has 0 bridgehead atoms. The van der Waals surface area contributed by atoms with Gasteiger partial charge in [-0.1, -0.05) is 197 Å². The number of hydrogen-bond donors (Lipinski definition) is 0. The Morgan fingerprint density at radius 1 is 0.216 bits per heavy atom. The molecule has 12 rings (SSSR count). The fourth-order valence-corrected chi connectivity index (χ4v) is 12.8. The second-order valence-corrected chi connectivity index (χ2v) is 30.8. The van der Waals surface area contributed by atoms with Gasteiger partial charge < -0.3 is 19.1 Å². The summed E-state index contributed by atoms with van der Waals surface area (Å²) >= 11 is 0. The maximum Gasteiger partial charge on any atom is 0.197 e. The van der Waals surface area contributed by atoms with Crippen LogP contribution < -0.4 is 31.0 Å². The highest BCUT2D eigenvalue weighted by molar-refractivity contribution is 6.19. The van der Waals surface area contributed by atoms with E-state index < -0.39 is 0 Å². The SMILES string of the molecule is CC(C)(C)c1ccc(N(c2ccc(C(C)(C)C)cc2)c2cc3c(=O)c4cc(N(c5ccc(C(C)(C)C)cc5)c5ccc(C(C)(C)C)cc5)cc5c(=O)c6cc(N(c7ccc(C(C)(C)C)cc7)c7ccc(C(C)(C)C)cc7)cc7c(=O)c(c2)c3n(c45)c76)cc1. The van der Waals surface area contributed by atoms with Crippen molar-refractivity contribution in [3.05, 3.63) is 246 Å². The molecule has 0 N–H and O–H groups in total. The summed E-state index contributed by atoms with van der Waals surface area (Å²) in [6.07, 6.45) is 0. The van der Waals surface area contributed by atoms with E-state index in [9.17, 15) is 0 Å². The summed E-state index contributed by atoms with van der Waals surface area (Å²) in [6.45, 7) is 39.8. The molecule has 12 aromatic rings. The van der Waals surface area contributed by atoms with Gasteiger partial charge in [-0.15, -0.1) is 0 Å². The van der Waals surface area contributed by atoms with Crippen molar-refractivity contribution in [2.24, 2.45) is 0 Å². The van der Waals surface area contributed by atoms with E-state index in [1.807, 2.05) is 36.4 Å². The summed E-state index contributed by atoms with van der Waals surface area (Å²) in [4.78, 5) is 55.4. The Kier molecular flexibility index (Phi) is 14.0. The van der Waals surface area contributed by atoms with Crippen LogP contribution in [0.25, 0.3) is 48.9 Å². The van der Waals surface area contributed by atoms with Crippen LogP contribution in [0, 0.1) is 0 Å². The molecule has 7 heteroatoms. The van der Waals surface area contributed by atoms with Crippen molar-refractivity contribution in [3.8, 4) is 0 Å². The van der Waals surface area contributed by atoms with Crippen LogP contribution in [0.1, 0.15) is 158 Å². The summed E-state index contributed by atoms with van der Waals surface area (Å²) in [5, 5.41) is 2.27. The minimum Gasteiger partial charge on any atom is -0.310 e. The number of aromatic nitrogens is 1. The van der Waals surface area contributed by atoms with Gasteiger partial charge in [0.1, 0.15) is 0 Å². The molecule has 88 heavy (non-hydrogen) atoms. The smallest absolute Gasteiger partial charge is 0.197 e. The third kappa shape index (κ3) is 10.4. The van der Waals surface area contributed by atoms with Crippen molar-refractivity contribution in [1.82, 2.24) is 4.40 Å². The van der Waals surface area contributed by atoms with Crippen LogP contribution >= 0.6 is 0 Å². The summed E-state index contributed by atoms with van der Waals surface area (Å²) in [6, 6.07) is 63.5. The maximum atomic E-state index is 16.3. The fourth-order valence-electron chi connectivity index (χ4n) is 12.8. The summed E-state index contributed by atoms with van der Waals surface area (Å²) < 4.78 is 2.07. The molecule has 0 amide bonds. The average molecular weight is 1160 g/mol. The summed E-state index contributed by atoms with van der Waals surface area (Å²) in [5.41, 5.74) is 14.5. The number of pyridine rings is 3. The van der Waals surface area contributed by atoms with Gasteiger partial charge in [-0.3, -0.25) is 14.4 Å². The van der Waals surface area contributed by atoms with E-state index in [-0.39, 0.29) is 48.8 Å². The third-order valence-corrected chi connectivity index (χ3v) is 18.1. The topological polar surface area (TPSA) is 65.3 Å². The second kappa shape index (κ2) is 20.7. The largest absolute Gasteiger partial charge is 0.310 e. The molecule has 0 unspecified atom stereocenters. The Morgan fingerprint density at radius 3 is 0.477 bits per heavy atom. The van der Waals surface area contributed by atoms with E-state index in [0.717, 1.165) is 34.1 Å². The number of rotatable bonds is 9. The highest BCUT2D eigenvalue weighted by Crippen LogP contribution is 2.46. The quantitative estimate of drug-likeness (QED) is 0.106. The fraction of sp³-hybridized carbons (Fsp3) is 0.296. The number of hydrogen-bond acceptors (Lipinski definition) is 6. The number of anilines is 9. The van der Waals surface area contributed by atoms with Crippen LogP contribution in [0.15, 0.2) is 196 Å². The predicted octanol–water partition coefficient (Wildman–Crippen LogP) is 21.1. The first-order valence-electron chi connectivity index (χ1n) is 31.2. The van der Waals surface area contributed by atoms with Gasteiger partial charge in [-0.25, -0.2) is 0 Å². The minimum atomic E-state index is -0.266. The van der Waals surface area contributed by atoms with E-state index in [4.69, 9.17) is 0 Å². The zero-order chi connectivity index (χ0) is 63.1. The lowest BCUT2D eigenvalue weighted by Gasteiger charge is -2.30. The number of benzene rings is 9. The molecule has 3 heterocycles. The molecule has 3 aromatic heterocycles. The summed E-state index contributed by atoms with van der Waals surface area (Å²) in [7, 11) is 0. The molecule has 9 aromatic carbocycles. The molecule has 0 aliphatic rings. The molecule has 0 fully saturated rings. The van der Waals surface area contributed by atoms with Gasteiger partial charge in [-0.2, -0.15) is 0 Å². The molecule has 0 aliphatic carbocycles. The van der Waals surface area contributed by atoms with E-state index in [0.29, 0.717) is 65.9 Å². The molecule has 0 spiro atoms. The predicted molar refractivity (Wildman–Crippen MR) is 376 cm³/mol. The monoisotopic (exact) mass is 1160 g/mol.